The molecule has 102 valence electrons. The maximum Gasteiger partial charge on any atom is 0.120 e. The largest absolute Gasteiger partial charge is 0.468 e. The fourth-order valence-electron chi connectivity index (χ4n) is 3.20. The van der Waals surface area contributed by atoms with Crippen LogP contribution in [-0.4, -0.2) is 6.54 Å². The van der Waals surface area contributed by atoms with E-state index in [4.69, 9.17) is 4.42 Å². The average Bonchev–Trinajstić information content (AvgIpc) is 2.94. The van der Waals surface area contributed by atoms with E-state index in [1.54, 1.807) is 6.26 Å². The Hall–Kier alpha value is -0.760. The molecule has 0 aromatic carbocycles. The van der Waals surface area contributed by atoms with E-state index in [9.17, 15) is 0 Å². The Balaban J connectivity index is 1.96. The molecule has 1 aromatic rings. The van der Waals surface area contributed by atoms with Crippen molar-refractivity contribution in [2.24, 2.45) is 11.8 Å². The Kier molecular flexibility index (Phi) is 5.30. The van der Waals surface area contributed by atoms with Crippen molar-refractivity contribution >= 4 is 0 Å². The first-order valence-electron chi connectivity index (χ1n) is 7.61. The predicted octanol–water partition coefficient (Wildman–Crippen LogP) is 4.54. The van der Waals surface area contributed by atoms with Gasteiger partial charge in [0.2, 0.25) is 0 Å². The summed E-state index contributed by atoms with van der Waals surface area (Å²) in [4.78, 5) is 0. The third-order valence-electron chi connectivity index (χ3n) is 4.40. The van der Waals surface area contributed by atoms with Crippen LogP contribution in [-0.2, 0) is 0 Å². The molecule has 0 amide bonds. The standard InChI is InChI=1S/C16H27NO/c1-3-11-17-16(15-6-5-12-18-15)14-9-7-13(4-2)8-10-14/h5-6,12-14,16-17H,3-4,7-11H2,1-2H3. The summed E-state index contributed by atoms with van der Waals surface area (Å²) >= 11 is 0. The molecule has 1 aromatic heterocycles. The highest BCUT2D eigenvalue weighted by Gasteiger charge is 2.29. The molecule has 1 aliphatic carbocycles. The van der Waals surface area contributed by atoms with Crippen LogP contribution in [0, 0.1) is 11.8 Å². The maximum atomic E-state index is 5.64. The fourth-order valence-corrected chi connectivity index (χ4v) is 3.20. The minimum Gasteiger partial charge on any atom is -0.468 e. The third kappa shape index (κ3) is 3.38. The van der Waals surface area contributed by atoms with E-state index in [0.717, 1.165) is 24.1 Å². The normalized spacial score (nSPS) is 26.1. The maximum absolute atomic E-state index is 5.64. The van der Waals surface area contributed by atoms with Gasteiger partial charge in [-0.2, -0.15) is 0 Å². The lowest BCUT2D eigenvalue weighted by atomic mass is 9.77. The fraction of sp³-hybridized carbons (Fsp3) is 0.750. The predicted molar refractivity (Wildman–Crippen MR) is 75.5 cm³/mol. The Morgan fingerprint density at radius 2 is 2.06 bits per heavy atom. The SMILES string of the molecule is CCCNC(c1ccco1)C1CCC(CC)CC1. The van der Waals surface area contributed by atoms with E-state index in [2.05, 4.69) is 25.2 Å². The van der Waals surface area contributed by atoms with Gasteiger partial charge in [0.05, 0.1) is 12.3 Å². The van der Waals surface area contributed by atoms with Crippen LogP contribution in [0.1, 0.15) is 64.2 Å². The summed E-state index contributed by atoms with van der Waals surface area (Å²) in [5, 5.41) is 3.68. The Bertz CT molecular complexity index is 312. The van der Waals surface area contributed by atoms with E-state index in [1.807, 2.05) is 6.07 Å². The van der Waals surface area contributed by atoms with Crippen molar-refractivity contribution in [1.29, 1.82) is 0 Å². The van der Waals surface area contributed by atoms with Gasteiger partial charge in [-0.05, 0) is 49.8 Å². The molecule has 1 atom stereocenters. The van der Waals surface area contributed by atoms with Crippen LogP contribution in [0.2, 0.25) is 0 Å². The van der Waals surface area contributed by atoms with E-state index in [0.29, 0.717) is 6.04 Å². The molecule has 0 spiro atoms. The molecule has 1 fully saturated rings. The molecular weight excluding hydrogens is 222 g/mol. The molecule has 0 radical (unpaired) electrons. The smallest absolute Gasteiger partial charge is 0.120 e. The molecule has 1 saturated carbocycles. The van der Waals surface area contributed by atoms with Gasteiger partial charge in [-0.15, -0.1) is 0 Å². The molecule has 0 saturated heterocycles. The van der Waals surface area contributed by atoms with Crippen LogP contribution in [0.15, 0.2) is 22.8 Å². The van der Waals surface area contributed by atoms with Crippen LogP contribution < -0.4 is 5.32 Å². The second-order valence-corrected chi connectivity index (χ2v) is 5.64. The van der Waals surface area contributed by atoms with E-state index in [1.165, 1.54) is 38.5 Å². The van der Waals surface area contributed by atoms with Gasteiger partial charge in [0.1, 0.15) is 5.76 Å². The van der Waals surface area contributed by atoms with Gasteiger partial charge >= 0.3 is 0 Å². The van der Waals surface area contributed by atoms with Crippen LogP contribution in [0.3, 0.4) is 0 Å². The van der Waals surface area contributed by atoms with Gasteiger partial charge in [0, 0.05) is 0 Å². The number of rotatable bonds is 6. The minimum absolute atomic E-state index is 0.428. The van der Waals surface area contributed by atoms with Crippen LogP contribution in [0.25, 0.3) is 0 Å². The summed E-state index contributed by atoms with van der Waals surface area (Å²) in [7, 11) is 0. The van der Waals surface area contributed by atoms with E-state index in [-0.39, 0.29) is 0 Å². The number of nitrogens with one attached hydrogen (secondary N) is 1. The highest BCUT2D eigenvalue weighted by molar-refractivity contribution is 5.06. The van der Waals surface area contributed by atoms with Crippen molar-refractivity contribution in [1.82, 2.24) is 5.32 Å². The number of furan rings is 1. The molecule has 1 aliphatic rings. The van der Waals surface area contributed by atoms with Crippen molar-refractivity contribution in [3.05, 3.63) is 24.2 Å². The summed E-state index contributed by atoms with van der Waals surface area (Å²) in [6, 6.07) is 4.56. The minimum atomic E-state index is 0.428. The van der Waals surface area contributed by atoms with Crippen molar-refractivity contribution in [3.8, 4) is 0 Å². The van der Waals surface area contributed by atoms with Gasteiger partial charge in [0.15, 0.2) is 0 Å². The highest BCUT2D eigenvalue weighted by Crippen LogP contribution is 2.38. The lowest BCUT2D eigenvalue weighted by Gasteiger charge is -2.33. The Morgan fingerprint density at radius 3 is 2.61 bits per heavy atom. The second kappa shape index (κ2) is 6.98. The van der Waals surface area contributed by atoms with Gasteiger partial charge in [-0.1, -0.05) is 33.1 Å². The zero-order chi connectivity index (χ0) is 12.8. The van der Waals surface area contributed by atoms with Crippen molar-refractivity contribution in [3.63, 3.8) is 0 Å². The molecule has 2 rings (SSSR count). The van der Waals surface area contributed by atoms with Gasteiger partial charge < -0.3 is 9.73 Å². The topological polar surface area (TPSA) is 25.2 Å². The first-order valence-corrected chi connectivity index (χ1v) is 7.61. The lowest BCUT2D eigenvalue weighted by Crippen LogP contribution is -2.31. The van der Waals surface area contributed by atoms with E-state index >= 15 is 0 Å². The van der Waals surface area contributed by atoms with Crippen molar-refractivity contribution in [2.75, 3.05) is 6.54 Å². The third-order valence-corrected chi connectivity index (χ3v) is 4.40. The summed E-state index contributed by atoms with van der Waals surface area (Å²) in [6.07, 6.45) is 9.81. The Labute approximate surface area is 111 Å². The Morgan fingerprint density at radius 1 is 1.28 bits per heavy atom. The second-order valence-electron chi connectivity index (χ2n) is 5.64. The van der Waals surface area contributed by atoms with Gasteiger partial charge in [0.25, 0.3) is 0 Å². The number of hydrogen-bond acceptors (Lipinski definition) is 2. The molecule has 2 heteroatoms. The zero-order valence-electron chi connectivity index (χ0n) is 11.8. The first kappa shape index (κ1) is 13.7. The first-order chi connectivity index (χ1) is 8.85. The average molecular weight is 249 g/mol. The van der Waals surface area contributed by atoms with Crippen molar-refractivity contribution in [2.45, 2.75) is 58.4 Å². The van der Waals surface area contributed by atoms with Crippen LogP contribution in [0.4, 0.5) is 0 Å². The quantitative estimate of drug-likeness (QED) is 0.801. The summed E-state index contributed by atoms with van der Waals surface area (Å²) in [5.41, 5.74) is 0. The molecule has 2 nitrogen and oxygen atoms in total. The van der Waals surface area contributed by atoms with Gasteiger partial charge in [-0.25, -0.2) is 0 Å². The van der Waals surface area contributed by atoms with Crippen LogP contribution in [0.5, 0.6) is 0 Å². The van der Waals surface area contributed by atoms with E-state index < -0.39 is 0 Å². The summed E-state index contributed by atoms with van der Waals surface area (Å²) in [5.74, 6) is 2.85. The zero-order valence-corrected chi connectivity index (χ0v) is 11.8. The molecule has 1 N–H and O–H groups in total. The molecule has 0 bridgehead atoms. The summed E-state index contributed by atoms with van der Waals surface area (Å²) < 4.78 is 5.64. The summed E-state index contributed by atoms with van der Waals surface area (Å²) in [6.45, 7) is 5.63. The highest BCUT2D eigenvalue weighted by atomic mass is 16.3. The monoisotopic (exact) mass is 249 g/mol. The van der Waals surface area contributed by atoms with Crippen LogP contribution >= 0.6 is 0 Å². The molecule has 18 heavy (non-hydrogen) atoms. The lowest BCUT2D eigenvalue weighted by molar-refractivity contribution is 0.202. The molecule has 1 heterocycles. The molecule has 0 aliphatic heterocycles. The number of hydrogen-bond donors (Lipinski definition) is 1. The van der Waals surface area contributed by atoms with Gasteiger partial charge in [-0.3, -0.25) is 0 Å². The molecular formula is C16H27NO. The molecule has 1 unspecified atom stereocenters. The van der Waals surface area contributed by atoms with Crippen molar-refractivity contribution < 1.29 is 4.42 Å².